The summed E-state index contributed by atoms with van der Waals surface area (Å²) in [4.78, 5) is 0. The molecule has 0 aromatic carbocycles. The van der Waals surface area contributed by atoms with Gasteiger partial charge in [0.15, 0.2) is 0 Å². The van der Waals surface area contributed by atoms with Gasteiger partial charge in [0.2, 0.25) is 0 Å². The minimum atomic E-state index is -0.337. The van der Waals surface area contributed by atoms with Gasteiger partial charge in [-0.3, -0.25) is 0 Å². The molecule has 0 aromatic rings. The molecule has 0 saturated carbocycles. The van der Waals surface area contributed by atoms with Crippen LogP contribution in [0.4, 0.5) is 0 Å². The Morgan fingerprint density at radius 1 is 1.60 bits per heavy atom. The molecular formula is C9H16O. The van der Waals surface area contributed by atoms with Crippen molar-refractivity contribution in [3.05, 3.63) is 0 Å². The summed E-state index contributed by atoms with van der Waals surface area (Å²) < 4.78 is 5.15. The van der Waals surface area contributed by atoms with Crippen molar-refractivity contribution in [1.82, 2.24) is 0 Å². The van der Waals surface area contributed by atoms with Gasteiger partial charge in [-0.1, -0.05) is 19.3 Å². The Labute approximate surface area is 63.8 Å². The lowest BCUT2D eigenvalue weighted by Crippen LogP contribution is -2.24. The van der Waals surface area contributed by atoms with Crippen molar-refractivity contribution < 1.29 is 4.74 Å². The second-order valence-corrected chi connectivity index (χ2v) is 2.68. The maximum atomic E-state index is 5.28. The Morgan fingerprint density at radius 2 is 2.20 bits per heavy atom. The predicted molar refractivity (Wildman–Crippen MR) is 43.8 cm³/mol. The maximum Gasteiger partial charge on any atom is 0.125 e. The molecule has 0 amide bonds. The fourth-order valence-electron chi connectivity index (χ4n) is 0.747. The summed E-state index contributed by atoms with van der Waals surface area (Å²) >= 11 is 0. The third-order valence-corrected chi connectivity index (χ3v) is 1.76. The van der Waals surface area contributed by atoms with E-state index in [9.17, 15) is 0 Å². The Hall–Kier alpha value is -0.480. The van der Waals surface area contributed by atoms with Gasteiger partial charge in [-0.25, -0.2) is 0 Å². The molecule has 0 aliphatic carbocycles. The normalized spacial score (nSPS) is 15.8. The fourth-order valence-corrected chi connectivity index (χ4v) is 0.747. The summed E-state index contributed by atoms with van der Waals surface area (Å²) in [5.41, 5.74) is -0.337. The maximum absolute atomic E-state index is 5.28. The van der Waals surface area contributed by atoms with Crippen molar-refractivity contribution in [2.24, 2.45) is 0 Å². The van der Waals surface area contributed by atoms with Crippen LogP contribution in [0.15, 0.2) is 0 Å². The van der Waals surface area contributed by atoms with E-state index in [1.54, 1.807) is 7.11 Å². The van der Waals surface area contributed by atoms with Gasteiger partial charge in [0.1, 0.15) is 5.60 Å². The molecule has 0 saturated heterocycles. The van der Waals surface area contributed by atoms with E-state index in [1.165, 1.54) is 6.42 Å². The van der Waals surface area contributed by atoms with E-state index in [0.717, 1.165) is 12.8 Å². The average Bonchev–Trinajstić information content (AvgIpc) is 2.00. The molecule has 58 valence electrons. The van der Waals surface area contributed by atoms with Gasteiger partial charge in [0, 0.05) is 7.11 Å². The number of ether oxygens (including phenoxy) is 1. The first-order valence-electron chi connectivity index (χ1n) is 3.71. The molecule has 0 aromatic heterocycles. The standard InChI is InChI=1S/C9H16O/c1-5-7-8-9(3,6-2)10-4/h2H,5,7-8H2,1,3-4H3. The van der Waals surface area contributed by atoms with Crippen molar-refractivity contribution in [3.8, 4) is 12.3 Å². The molecule has 10 heavy (non-hydrogen) atoms. The van der Waals surface area contributed by atoms with E-state index < -0.39 is 0 Å². The number of hydrogen-bond donors (Lipinski definition) is 0. The largest absolute Gasteiger partial charge is 0.366 e. The molecule has 1 nitrogen and oxygen atoms in total. The van der Waals surface area contributed by atoms with E-state index in [0.29, 0.717) is 0 Å². The van der Waals surface area contributed by atoms with Crippen LogP contribution in [-0.4, -0.2) is 12.7 Å². The molecule has 0 aliphatic rings. The lowest BCUT2D eigenvalue weighted by atomic mass is 10.0. The van der Waals surface area contributed by atoms with E-state index in [4.69, 9.17) is 11.2 Å². The Morgan fingerprint density at radius 3 is 2.50 bits per heavy atom. The second kappa shape index (κ2) is 4.35. The zero-order valence-electron chi connectivity index (χ0n) is 7.11. The minimum Gasteiger partial charge on any atom is -0.366 e. The molecule has 1 atom stereocenters. The third-order valence-electron chi connectivity index (χ3n) is 1.76. The lowest BCUT2D eigenvalue weighted by Gasteiger charge is -2.20. The van der Waals surface area contributed by atoms with Gasteiger partial charge >= 0.3 is 0 Å². The molecule has 0 aliphatic heterocycles. The van der Waals surface area contributed by atoms with Crippen LogP contribution in [0.1, 0.15) is 33.1 Å². The highest BCUT2D eigenvalue weighted by Crippen LogP contribution is 2.15. The summed E-state index contributed by atoms with van der Waals surface area (Å²) in [5, 5.41) is 0. The van der Waals surface area contributed by atoms with Gasteiger partial charge in [0.05, 0.1) is 0 Å². The summed E-state index contributed by atoms with van der Waals surface area (Å²) in [7, 11) is 1.66. The first kappa shape index (κ1) is 9.52. The molecular weight excluding hydrogens is 124 g/mol. The second-order valence-electron chi connectivity index (χ2n) is 2.68. The van der Waals surface area contributed by atoms with E-state index >= 15 is 0 Å². The quantitative estimate of drug-likeness (QED) is 0.544. The van der Waals surface area contributed by atoms with E-state index in [-0.39, 0.29) is 5.60 Å². The Balaban J connectivity index is 3.72. The smallest absolute Gasteiger partial charge is 0.125 e. The number of rotatable bonds is 4. The van der Waals surface area contributed by atoms with Crippen molar-refractivity contribution in [2.75, 3.05) is 7.11 Å². The number of hydrogen-bond acceptors (Lipinski definition) is 1. The molecule has 0 heterocycles. The monoisotopic (exact) mass is 140 g/mol. The third kappa shape index (κ3) is 2.89. The summed E-state index contributed by atoms with van der Waals surface area (Å²) in [6, 6.07) is 0. The van der Waals surface area contributed by atoms with Crippen molar-refractivity contribution >= 4 is 0 Å². The van der Waals surface area contributed by atoms with Gasteiger partial charge in [0.25, 0.3) is 0 Å². The first-order chi connectivity index (χ1) is 4.68. The molecule has 0 N–H and O–H groups in total. The van der Waals surface area contributed by atoms with Crippen molar-refractivity contribution in [2.45, 2.75) is 38.7 Å². The van der Waals surface area contributed by atoms with Crippen LogP contribution >= 0.6 is 0 Å². The predicted octanol–water partition coefficient (Wildman–Crippen LogP) is 2.21. The molecule has 0 rings (SSSR count). The molecule has 0 fully saturated rings. The Bertz CT molecular complexity index is 123. The zero-order valence-corrected chi connectivity index (χ0v) is 7.11. The molecule has 0 spiro atoms. The van der Waals surface area contributed by atoms with E-state index in [2.05, 4.69) is 12.8 Å². The summed E-state index contributed by atoms with van der Waals surface area (Å²) in [5.74, 6) is 2.64. The SMILES string of the molecule is C#CC(C)(CCCC)OC. The number of unbranched alkanes of at least 4 members (excludes halogenated alkanes) is 1. The lowest BCUT2D eigenvalue weighted by molar-refractivity contribution is 0.0482. The molecule has 1 unspecified atom stereocenters. The first-order valence-corrected chi connectivity index (χ1v) is 3.71. The van der Waals surface area contributed by atoms with Gasteiger partial charge in [-0.2, -0.15) is 0 Å². The minimum absolute atomic E-state index is 0.337. The van der Waals surface area contributed by atoms with Crippen LogP contribution in [-0.2, 0) is 4.74 Å². The van der Waals surface area contributed by atoms with Crippen LogP contribution < -0.4 is 0 Å². The highest BCUT2D eigenvalue weighted by atomic mass is 16.5. The topological polar surface area (TPSA) is 9.23 Å². The number of methoxy groups -OCH3 is 1. The van der Waals surface area contributed by atoms with Crippen LogP contribution in [0.3, 0.4) is 0 Å². The van der Waals surface area contributed by atoms with Crippen LogP contribution in [0, 0.1) is 12.3 Å². The summed E-state index contributed by atoms with van der Waals surface area (Å²) in [6.45, 7) is 4.09. The zero-order chi connectivity index (χ0) is 8.04. The number of terminal acetylenes is 1. The van der Waals surface area contributed by atoms with E-state index in [1.807, 2.05) is 6.92 Å². The van der Waals surface area contributed by atoms with Gasteiger partial charge in [-0.15, -0.1) is 6.42 Å². The van der Waals surface area contributed by atoms with Crippen molar-refractivity contribution in [3.63, 3.8) is 0 Å². The Kier molecular flexibility index (Phi) is 4.14. The van der Waals surface area contributed by atoms with Crippen LogP contribution in [0.5, 0.6) is 0 Å². The average molecular weight is 140 g/mol. The van der Waals surface area contributed by atoms with Crippen LogP contribution in [0.2, 0.25) is 0 Å². The highest BCUT2D eigenvalue weighted by molar-refractivity contribution is 5.05. The van der Waals surface area contributed by atoms with Crippen LogP contribution in [0.25, 0.3) is 0 Å². The molecule has 0 radical (unpaired) electrons. The fraction of sp³-hybridized carbons (Fsp3) is 0.778. The molecule has 1 heteroatoms. The van der Waals surface area contributed by atoms with Gasteiger partial charge in [-0.05, 0) is 19.8 Å². The summed E-state index contributed by atoms with van der Waals surface area (Å²) in [6.07, 6.45) is 8.54. The van der Waals surface area contributed by atoms with Crippen molar-refractivity contribution in [1.29, 1.82) is 0 Å². The molecule has 0 bridgehead atoms. The highest BCUT2D eigenvalue weighted by Gasteiger charge is 2.18. The van der Waals surface area contributed by atoms with Gasteiger partial charge < -0.3 is 4.74 Å².